The van der Waals surface area contributed by atoms with Gasteiger partial charge in [0.05, 0.1) is 7.11 Å². The molecular weight excluding hydrogens is 224 g/mol. The Morgan fingerprint density at radius 2 is 2.28 bits per heavy atom. The Morgan fingerprint density at radius 1 is 1.50 bits per heavy atom. The molecule has 1 aromatic heterocycles. The molecule has 3 heteroatoms. The van der Waals surface area contributed by atoms with E-state index >= 15 is 0 Å². The summed E-state index contributed by atoms with van der Waals surface area (Å²) in [5.74, 6) is 0.664. The van der Waals surface area contributed by atoms with Gasteiger partial charge in [0.2, 0.25) is 5.88 Å². The fourth-order valence-corrected chi connectivity index (χ4v) is 1.92. The molecule has 0 aliphatic carbocycles. The quantitative estimate of drug-likeness (QED) is 0.718. The van der Waals surface area contributed by atoms with Crippen molar-refractivity contribution in [2.75, 3.05) is 13.7 Å². The Morgan fingerprint density at radius 3 is 2.78 bits per heavy atom. The first-order valence-electron chi connectivity index (χ1n) is 6.52. The lowest BCUT2D eigenvalue weighted by Gasteiger charge is -2.18. The van der Waals surface area contributed by atoms with E-state index < -0.39 is 0 Å². The molecule has 1 N–H and O–H groups in total. The van der Waals surface area contributed by atoms with Crippen LogP contribution in [0.4, 0.5) is 0 Å². The van der Waals surface area contributed by atoms with Crippen molar-refractivity contribution >= 4 is 0 Å². The molecule has 0 amide bonds. The van der Waals surface area contributed by atoms with Gasteiger partial charge >= 0.3 is 0 Å². The van der Waals surface area contributed by atoms with E-state index in [1.807, 2.05) is 12.3 Å². The summed E-state index contributed by atoms with van der Waals surface area (Å²) in [4.78, 5) is 4.24. The fourth-order valence-electron chi connectivity index (χ4n) is 1.92. The number of pyridine rings is 1. The first-order valence-corrected chi connectivity index (χ1v) is 6.52. The molecule has 0 aromatic carbocycles. The van der Waals surface area contributed by atoms with Gasteiger partial charge in [-0.15, -0.1) is 6.58 Å². The lowest BCUT2D eigenvalue weighted by atomic mass is 10.0. The molecule has 0 aliphatic rings. The van der Waals surface area contributed by atoms with Crippen molar-refractivity contribution in [3.05, 3.63) is 36.0 Å². The lowest BCUT2D eigenvalue weighted by molar-refractivity contribution is 0.397. The summed E-state index contributed by atoms with van der Waals surface area (Å²) >= 11 is 0. The van der Waals surface area contributed by atoms with E-state index in [0.29, 0.717) is 11.9 Å². The summed E-state index contributed by atoms with van der Waals surface area (Å²) in [5, 5.41) is 3.56. The second-order valence-corrected chi connectivity index (χ2v) is 4.73. The van der Waals surface area contributed by atoms with Crippen molar-refractivity contribution in [3.8, 4) is 5.88 Å². The van der Waals surface area contributed by atoms with Crippen molar-refractivity contribution in [2.24, 2.45) is 0 Å². The number of ether oxygens (including phenoxy) is 1. The third kappa shape index (κ3) is 5.32. The Labute approximate surface area is 110 Å². The zero-order valence-corrected chi connectivity index (χ0v) is 11.7. The number of hydrogen-bond acceptors (Lipinski definition) is 3. The van der Waals surface area contributed by atoms with Gasteiger partial charge in [0, 0.05) is 18.3 Å². The lowest BCUT2D eigenvalue weighted by Crippen LogP contribution is -2.32. The smallest absolute Gasteiger partial charge is 0.212 e. The molecule has 100 valence electrons. The Bertz CT molecular complexity index is 359. The van der Waals surface area contributed by atoms with Gasteiger partial charge in [-0.1, -0.05) is 18.6 Å². The first kappa shape index (κ1) is 14.7. The van der Waals surface area contributed by atoms with Crippen molar-refractivity contribution in [1.82, 2.24) is 10.3 Å². The maximum Gasteiger partial charge on any atom is 0.212 e. The van der Waals surface area contributed by atoms with Crippen LogP contribution in [0.5, 0.6) is 5.88 Å². The SMILES string of the molecule is C=C(C)CC(Cc1ccc(OC)nc1)NCCC. The molecule has 1 aromatic rings. The summed E-state index contributed by atoms with van der Waals surface area (Å²) in [6, 6.07) is 4.43. The zero-order valence-electron chi connectivity index (χ0n) is 11.7. The summed E-state index contributed by atoms with van der Waals surface area (Å²) in [7, 11) is 1.63. The largest absolute Gasteiger partial charge is 0.481 e. The molecule has 3 nitrogen and oxygen atoms in total. The summed E-state index contributed by atoms with van der Waals surface area (Å²) in [5.41, 5.74) is 2.44. The maximum absolute atomic E-state index is 5.06. The summed E-state index contributed by atoms with van der Waals surface area (Å²) in [6.45, 7) is 9.30. The number of hydrogen-bond donors (Lipinski definition) is 1. The highest BCUT2D eigenvalue weighted by atomic mass is 16.5. The predicted molar refractivity (Wildman–Crippen MR) is 76.0 cm³/mol. The van der Waals surface area contributed by atoms with Crippen LogP contribution in [0.25, 0.3) is 0 Å². The Hall–Kier alpha value is -1.35. The van der Waals surface area contributed by atoms with Crippen LogP contribution in [0.3, 0.4) is 0 Å². The van der Waals surface area contributed by atoms with Crippen LogP contribution in [-0.4, -0.2) is 24.7 Å². The second-order valence-electron chi connectivity index (χ2n) is 4.73. The first-order chi connectivity index (χ1) is 8.65. The van der Waals surface area contributed by atoms with Crippen LogP contribution in [0.2, 0.25) is 0 Å². The van der Waals surface area contributed by atoms with Crippen LogP contribution in [-0.2, 0) is 6.42 Å². The number of rotatable bonds is 8. The molecule has 1 heterocycles. The standard InChI is InChI=1S/C15H24N2O/c1-5-8-16-14(9-12(2)3)10-13-6-7-15(18-4)17-11-13/h6-7,11,14,16H,2,5,8-10H2,1,3-4H3. The van der Waals surface area contributed by atoms with E-state index in [9.17, 15) is 0 Å². The van der Waals surface area contributed by atoms with Gasteiger partial charge in [-0.25, -0.2) is 4.98 Å². The highest BCUT2D eigenvalue weighted by Gasteiger charge is 2.09. The van der Waals surface area contributed by atoms with Crippen LogP contribution in [0, 0.1) is 0 Å². The van der Waals surface area contributed by atoms with Crippen molar-refractivity contribution in [3.63, 3.8) is 0 Å². The molecule has 0 fully saturated rings. The Balaban J connectivity index is 2.59. The third-order valence-corrected chi connectivity index (χ3v) is 2.77. The van der Waals surface area contributed by atoms with E-state index in [1.54, 1.807) is 7.11 Å². The van der Waals surface area contributed by atoms with Gasteiger partial charge in [-0.05, 0) is 38.3 Å². The van der Waals surface area contributed by atoms with Crippen molar-refractivity contribution in [2.45, 2.75) is 39.2 Å². The molecule has 0 saturated carbocycles. The minimum Gasteiger partial charge on any atom is -0.481 e. The summed E-state index contributed by atoms with van der Waals surface area (Å²) in [6.07, 6.45) is 5.02. The van der Waals surface area contributed by atoms with Gasteiger partial charge in [0.25, 0.3) is 0 Å². The molecule has 1 rings (SSSR count). The third-order valence-electron chi connectivity index (χ3n) is 2.77. The van der Waals surface area contributed by atoms with E-state index in [1.165, 1.54) is 11.1 Å². The molecule has 0 bridgehead atoms. The number of methoxy groups -OCH3 is 1. The van der Waals surface area contributed by atoms with Crippen molar-refractivity contribution in [1.29, 1.82) is 0 Å². The molecule has 0 radical (unpaired) electrons. The molecule has 1 unspecified atom stereocenters. The van der Waals surface area contributed by atoms with Crippen LogP contribution < -0.4 is 10.1 Å². The van der Waals surface area contributed by atoms with E-state index in [4.69, 9.17) is 4.74 Å². The molecule has 0 spiro atoms. The molecule has 18 heavy (non-hydrogen) atoms. The van der Waals surface area contributed by atoms with Crippen molar-refractivity contribution < 1.29 is 4.74 Å². The highest BCUT2D eigenvalue weighted by Crippen LogP contribution is 2.12. The molecule has 1 atom stereocenters. The average Bonchev–Trinajstić information content (AvgIpc) is 2.36. The topological polar surface area (TPSA) is 34.1 Å². The minimum absolute atomic E-state index is 0.442. The van der Waals surface area contributed by atoms with E-state index in [2.05, 4.69) is 36.8 Å². The highest BCUT2D eigenvalue weighted by molar-refractivity contribution is 5.19. The maximum atomic E-state index is 5.06. The fraction of sp³-hybridized carbons (Fsp3) is 0.533. The number of nitrogens with zero attached hydrogens (tertiary/aromatic N) is 1. The second kappa shape index (κ2) is 7.88. The van der Waals surface area contributed by atoms with Gasteiger partial charge < -0.3 is 10.1 Å². The van der Waals surface area contributed by atoms with Crippen LogP contribution in [0.15, 0.2) is 30.5 Å². The number of aromatic nitrogens is 1. The monoisotopic (exact) mass is 248 g/mol. The summed E-state index contributed by atoms with van der Waals surface area (Å²) < 4.78 is 5.06. The Kier molecular flexibility index (Phi) is 6.44. The average molecular weight is 248 g/mol. The molecule has 0 saturated heterocycles. The van der Waals surface area contributed by atoms with Gasteiger partial charge in [-0.2, -0.15) is 0 Å². The van der Waals surface area contributed by atoms with Gasteiger partial charge in [0.1, 0.15) is 0 Å². The van der Waals surface area contributed by atoms with Crippen LogP contribution >= 0.6 is 0 Å². The van der Waals surface area contributed by atoms with Gasteiger partial charge in [0.15, 0.2) is 0 Å². The predicted octanol–water partition coefficient (Wildman–Crippen LogP) is 2.97. The van der Waals surface area contributed by atoms with E-state index in [0.717, 1.165) is 25.8 Å². The van der Waals surface area contributed by atoms with Gasteiger partial charge in [-0.3, -0.25) is 0 Å². The molecular formula is C15H24N2O. The normalized spacial score (nSPS) is 12.2. The van der Waals surface area contributed by atoms with E-state index in [-0.39, 0.29) is 0 Å². The number of nitrogens with one attached hydrogen (secondary N) is 1. The zero-order chi connectivity index (χ0) is 13.4. The molecule has 0 aliphatic heterocycles. The van der Waals surface area contributed by atoms with Crippen LogP contribution in [0.1, 0.15) is 32.3 Å². The minimum atomic E-state index is 0.442.